The minimum atomic E-state index is -0.889. The molecule has 0 saturated heterocycles. The molecule has 5 heteroatoms. The molecular formula is C15H20ClNO3. The van der Waals surface area contributed by atoms with Crippen LogP contribution in [0.15, 0.2) is 24.3 Å². The van der Waals surface area contributed by atoms with Crippen molar-refractivity contribution in [3.05, 3.63) is 34.9 Å². The van der Waals surface area contributed by atoms with Crippen LogP contribution in [0.1, 0.15) is 32.3 Å². The molecule has 1 rings (SSSR count). The van der Waals surface area contributed by atoms with E-state index in [1.807, 2.05) is 18.2 Å². The Bertz CT molecular complexity index is 500. The number of carbonyl (C=O) groups is 2. The Balaban J connectivity index is 2.61. The van der Waals surface area contributed by atoms with Crippen LogP contribution in [0.25, 0.3) is 0 Å². The fraction of sp³-hybridized carbons (Fsp3) is 0.467. The van der Waals surface area contributed by atoms with Crippen LogP contribution in [0.3, 0.4) is 0 Å². The zero-order chi connectivity index (χ0) is 15.3. The summed E-state index contributed by atoms with van der Waals surface area (Å²) in [5.41, 5.74) is 0.398. The van der Waals surface area contributed by atoms with Gasteiger partial charge < -0.3 is 10.0 Å². The number of hydrogen-bond donors (Lipinski definition) is 1. The van der Waals surface area contributed by atoms with E-state index in [1.165, 1.54) is 0 Å². The Morgan fingerprint density at radius 3 is 2.50 bits per heavy atom. The average Bonchev–Trinajstić information content (AvgIpc) is 2.26. The van der Waals surface area contributed by atoms with Gasteiger partial charge in [0.25, 0.3) is 0 Å². The minimum absolute atomic E-state index is 0.0241. The maximum absolute atomic E-state index is 12.1. The quantitative estimate of drug-likeness (QED) is 0.877. The molecule has 0 aliphatic carbocycles. The van der Waals surface area contributed by atoms with Gasteiger partial charge in [-0.05, 0) is 23.1 Å². The lowest BCUT2D eigenvalue weighted by molar-refractivity contribution is -0.140. The monoisotopic (exact) mass is 297 g/mol. The molecular weight excluding hydrogens is 278 g/mol. The summed E-state index contributed by atoms with van der Waals surface area (Å²) < 4.78 is 0. The molecule has 0 aromatic heterocycles. The highest BCUT2D eigenvalue weighted by atomic mass is 35.5. The lowest BCUT2D eigenvalue weighted by Crippen LogP contribution is -2.31. The van der Waals surface area contributed by atoms with Gasteiger partial charge in [-0.3, -0.25) is 9.59 Å². The summed E-state index contributed by atoms with van der Waals surface area (Å²) in [5.74, 6) is -0.962. The molecule has 110 valence electrons. The predicted molar refractivity (Wildman–Crippen MR) is 78.6 cm³/mol. The van der Waals surface area contributed by atoms with E-state index in [4.69, 9.17) is 16.7 Å². The van der Waals surface area contributed by atoms with Gasteiger partial charge in [0.05, 0.1) is 6.42 Å². The van der Waals surface area contributed by atoms with Gasteiger partial charge in [0.1, 0.15) is 0 Å². The van der Waals surface area contributed by atoms with Gasteiger partial charge in [-0.2, -0.15) is 0 Å². The standard InChI is InChI=1S/C15H20ClNO3/c1-15(2,9-14(19)20)8-13(18)17(3)10-11-5-4-6-12(16)7-11/h4-7H,8-10H2,1-3H3,(H,19,20). The van der Waals surface area contributed by atoms with Crippen LogP contribution in [0.5, 0.6) is 0 Å². The summed E-state index contributed by atoms with van der Waals surface area (Å²) in [5, 5.41) is 9.46. The van der Waals surface area contributed by atoms with Gasteiger partial charge in [0.2, 0.25) is 5.91 Å². The highest BCUT2D eigenvalue weighted by Gasteiger charge is 2.26. The number of amides is 1. The number of carboxylic acid groups (broad SMARTS) is 1. The minimum Gasteiger partial charge on any atom is -0.481 e. The van der Waals surface area contributed by atoms with Crippen molar-refractivity contribution in [2.45, 2.75) is 33.2 Å². The van der Waals surface area contributed by atoms with Gasteiger partial charge >= 0.3 is 5.97 Å². The molecule has 0 radical (unpaired) electrons. The number of hydrogen-bond acceptors (Lipinski definition) is 2. The molecule has 0 unspecified atom stereocenters. The number of nitrogens with zero attached hydrogens (tertiary/aromatic N) is 1. The molecule has 0 atom stereocenters. The van der Waals surface area contributed by atoms with E-state index in [2.05, 4.69) is 0 Å². The number of halogens is 1. The average molecular weight is 298 g/mol. The number of benzene rings is 1. The number of carbonyl (C=O) groups excluding carboxylic acids is 1. The molecule has 20 heavy (non-hydrogen) atoms. The van der Waals surface area contributed by atoms with Crippen molar-refractivity contribution < 1.29 is 14.7 Å². The first-order valence-corrected chi connectivity index (χ1v) is 6.77. The smallest absolute Gasteiger partial charge is 0.303 e. The van der Waals surface area contributed by atoms with Gasteiger partial charge in [0.15, 0.2) is 0 Å². The summed E-state index contributed by atoms with van der Waals surface area (Å²) in [6, 6.07) is 7.33. The zero-order valence-corrected chi connectivity index (χ0v) is 12.8. The maximum atomic E-state index is 12.1. The molecule has 0 aliphatic heterocycles. The first kappa shape index (κ1) is 16.5. The summed E-state index contributed by atoms with van der Waals surface area (Å²) >= 11 is 5.90. The lowest BCUT2D eigenvalue weighted by atomic mass is 9.85. The Hall–Kier alpha value is -1.55. The van der Waals surface area contributed by atoms with Gasteiger partial charge in [-0.1, -0.05) is 37.6 Å². The zero-order valence-electron chi connectivity index (χ0n) is 12.0. The van der Waals surface area contributed by atoms with E-state index in [-0.39, 0.29) is 18.7 Å². The molecule has 0 aliphatic rings. The molecule has 0 heterocycles. The largest absolute Gasteiger partial charge is 0.481 e. The van der Waals surface area contributed by atoms with Crippen LogP contribution in [0, 0.1) is 5.41 Å². The van der Waals surface area contributed by atoms with Crippen molar-refractivity contribution in [2.24, 2.45) is 5.41 Å². The van der Waals surface area contributed by atoms with Crippen LogP contribution >= 0.6 is 11.6 Å². The molecule has 1 amide bonds. The van der Waals surface area contributed by atoms with Gasteiger partial charge in [0, 0.05) is 25.0 Å². The second-order valence-corrected chi connectivity index (χ2v) is 6.23. The highest BCUT2D eigenvalue weighted by molar-refractivity contribution is 6.30. The molecule has 4 nitrogen and oxygen atoms in total. The van der Waals surface area contributed by atoms with Crippen molar-refractivity contribution >= 4 is 23.5 Å². The predicted octanol–water partition coefficient (Wildman–Crippen LogP) is 3.19. The number of carboxylic acids is 1. The van der Waals surface area contributed by atoms with Gasteiger partial charge in [-0.25, -0.2) is 0 Å². The second-order valence-electron chi connectivity index (χ2n) is 5.79. The van der Waals surface area contributed by atoms with Crippen molar-refractivity contribution in [1.82, 2.24) is 4.90 Å². The van der Waals surface area contributed by atoms with Crippen molar-refractivity contribution in [2.75, 3.05) is 7.05 Å². The molecule has 0 fully saturated rings. The fourth-order valence-corrected chi connectivity index (χ4v) is 2.23. The fourth-order valence-electron chi connectivity index (χ4n) is 2.01. The van der Waals surface area contributed by atoms with Crippen LogP contribution in [0.2, 0.25) is 5.02 Å². The highest BCUT2D eigenvalue weighted by Crippen LogP contribution is 2.26. The maximum Gasteiger partial charge on any atom is 0.303 e. The summed E-state index contributed by atoms with van der Waals surface area (Å²) in [6.07, 6.45) is 0.181. The number of aliphatic carboxylic acids is 1. The van der Waals surface area contributed by atoms with Crippen LogP contribution in [0.4, 0.5) is 0 Å². The second kappa shape index (κ2) is 6.75. The molecule has 0 spiro atoms. The van der Waals surface area contributed by atoms with E-state index in [9.17, 15) is 9.59 Å². The Labute approximate surface area is 124 Å². The summed E-state index contributed by atoms with van der Waals surface area (Å²) in [4.78, 5) is 24.5. The SMILES string of the molecule is CN(Cc1cccc(Cl)c1)C(=O)CC(C)(C)CC(=O)O. The molecule has 1 aromatic carbocycles. The van der Waals surface area contributed by atoms with Crippen LogP contribution in [-0.2, 0) is 16.1 Å². The third kappa shape index (κ3) is 5.61. The van der Waals surface area contributed by atoms with E-state index in [1.54, 1.807) is 31.9 Å². The van der Waals surface area contributed by atoms with Crippen molar-refractivity contribution in [3.63, 3.8) is 0 Å². The summed E-state index contributed by atoms with van der Waals surface area (Å²) in [6.45, 7) is 4.03. The third-order valence-electron chi connectivity index (χ3n) is 2.99. The van der Waals surface area contributed by atoms with Crippen molar-refractivity contribution in [1.29, 1.82) is 0 Å². The van der Waals surface area contributed by atoms with Crippen LogP contribution in [-0.4, -0.2) is 28.9 Å². The Kier molecular flexibility index (Phi) is 5.57. The van der Waals surface area contributed by atoms with Crippen molar-refractivity contribution in [3.8, 4) is 0 Å². The lowest BCUT2D eigenvalue weighted by Gasteiger charge is -2.25. The molecule has 1 aromatic rings. The molecule has 0 bridgehead atoms. The topological polar surface area (TPSA) is 57.6 Å². The van der Waals surface area contributed by atoms with E-state index >= 15 is 0 Å². The normalized spacial score (nSPS) is 11.2. The van der Waals surface area contributed by atoms with Gasteiger partial charge in [-0.15, -0.1) is 0 Å². The molecule has 0 saturated carbocycles. The summed E-state index contributed by atoms with van der Waals surface area (Å²) in [7, 11) is 1.71. The Morgan fingerprint density at radius 1 is 1.30 bits per heavy atom. The third-order valence-corrected chi connectivity index (χ3v) is 3.23. The van der Waals surface area contributed by atoms with E-state index in [0.717, 1.165) is 5.56 Å². The van der Waals surface area contributed by atoms with E-state index < -0.39 is 11.4 Å². The molecule has 1 N–H and O–H groups in total. The van der Waals surface area contributed by atoms with Crippen LogP contribution < -0.4 is 0 Å². The number of rotatable bonds is 6. The Morgan fingerprint density at radius 2 is 1.95 bits per heavy atom. The first-order valence-electron chi connectivity index (χ1n) is 6.40. The first-order chi connectivity index (χ1) is 9.19. The van der Waals surface area contributed by atoms with E-state index in [0.29, 0.717) is 11.6 Å².